The normalized spacial score (nSPS) is 13.1. The number of hydrogen-bond acceptors (Lipinski definition) is 4. The summed E-state index contributed by atoms with van der Waals surface area (Å²) in [6, 6.07) is 9.22. The Morgan fingerprint density at radius 3 is 2.22 bits per heavy atom. The molecule has 0 unspecified atom stereocenters. The van der Waals surface area contributed by atoms with E-state index in [-0.39, 0.29) is 31.2 Å². The van der Waals surface area contributed by atoms with E-state index >= 15 is 0 Å². The summed E-state index contributed by atoms with van der Waals surface area (Å²) in [5.74, 6) is -1.63. The third-order valence-electron chi connectivity index (χ3n) is 6.11. The summed E-state index contributed by atoms with van der Waals surface area (Å²) in [5, 5.41) is 13.9. The highest BCUT2D eigenvalue weighted by Crippen LogP contribution is 2.34. The molecule has 2 amide bonds. The SMILES string of the molecule is CCCCCCCCCCNc1ccc2c3c(cccc13)C(=O)N(CCCC(=O)O)C2=O. The number of benzene rings is 2. The third-order valence-corrected chi connectivity index (χ3v) is 6.11. The maximum absolute atomic E-state index is 13.0. The minimum Gasteiger partial charge on any atom is -0.481 e. The molecule has 0 spiro atoms. The van der Waals surface area contributed by atoms with Crippen LogP contribution in [0.1, 0.15) is 91.8 Å². The molecule has 0 aliphatic carbocycles. The fraction of sp³-hybridized carbons (Fsp3) is 0.500. The highest BCUT2D eigenvalue weighted by Gasteiger charge is 2.32. The molecule has 0 bridgehead atoms. The third kappa shape index (κ3) is 5.67. The minimum atomic E-state index is -0.934. The molecular formula is C26H34N2O4. The molecule has 2 aromatic carbocycles. The van der Waals surface area contributed by atoms with Crippen molar-refractivity contribution >= 4 is 34.2 Å². The molecular weight excluding hydrogens is 404 g/mol. The molecule has 32 heavy (non-hydrogen) atoms. The summed E-state index contributed by atoms with van der Waals surface area (Å²) in [7, 11) is 0. The van der Waals surface area contributed by atoms with Crippen molar-refractivity contribution in [1.82, 2.24) is 4.90 Å². The Balaban J connectivity index is 1.64. The van der Waals surface area contributed by atoms with Crippen molar-refractivity contribution in [2.75, 3.05) is 18.4 Å². The van der Waals surface area contributed by atoms with Crippen LogP contribution < -0.4 is 5.32 Å². The van der Waals surface area contributed by atoms with Crippen molar-refractivity contribution in [3.8, 4) is 0 Å². The van der Waals surface area contributed by atoms with Crippen LogP contribution in [0.5, 0.6) is 0 Å². The standard InChI is InChI=1S/C26H34N2O4/c1-2-3-4-5-6-7-8-9-17-27-22-16-15-21-24-19(22)12-10-13-20(24)25(31)28(26(21)32)18-11-14-23(29)30/h10,12-13,15-16,27H,2-9,11,14,17-18H2,1H3,(H,29,30). The molecule has 6 nitrogen and oxygen atoms in total. The molecule has 0 saturated carbocycles. The number of amides is 2. The molecule has 1 heterocycles. The van der Waals surface area contributed by atoms with Crippen LogP contribution in [0.3, 0.4) is 0 Å². The molecule has 0 fully saturated rings. The Morgan fingerprint density at radius 2 is 1.53 bits per heavy atom. The Bertz CT molecular complexity index is 947. The lowest BCUT2D eigenvalue weighted by Crippen LogP contribution is -2.41. The summed E-state index contributed by atoms with van der Waals surface area (Å²) in [4.78, 5) is 37.9. The zero-order valence-corrected chi connectivity index (χ0v) is 19.0. The molecule has 172 valence electrons. The van der Waals surface area contributed by atoms with Gasteiger partial charge in [-0.3, -0.25) is 19.3 Å². The van der Waals surface area contributed by atoms with Crippen LogP contribution in [0, 0.1) is 0 Å². The van der Waals surface area contributed by atoms with Crippen LogP contribution >= 0.6 is 0 Å². The van der Waals surface area contributed by atoms with Gasteiger partial charge < -0.3 is 10.4 Å². The van der Waals surface area contributed by atoms with Gasteiger partial charge in [-0.1, -0.05) is 64.0 Å². The lowest BCUT2D eigenvalue weighted by atomic mass is 9.93. The molecule has 3 rings (SSSR count). The van der Waals surface area contributed by atoms with Crippen molar-refractivity contribution in [3.05, 3.63) is 41.5 Å². The summed E-state index contributed by atoms with van der Waals surface area (Å²) in [6.07, 6.45) is 10.3. The summed E-state index contributed by atoms with van der Waals surface area (Å²) in [6.45, 7) is 3.20. The Morgan fingerprint density at radius 1 is 0.875 bits per heavy atom. The molecule has 2 aromatic rings. The van der Waals surface area contributed by atoms with E-state index in [9.17, 15) is 14.4 Å². The van der Waals surface area contributed by atoms with Gasteiger partial charge in [0.15, 0.2) is 0 Å². The number of carboxylic acid groups (broad SMARTS) is 1. The fourth-order valence-electron chi connectivity index (χ4n) is 4.37. The van der Waals surface area contributed by atoms with Gasteiger partial charge >= 0.3 is 5.97 Å². The van der Waals surface area contributed by atoms with Crippen molar-refractivity contribution in [3.63, 3.8) is 0 Å². The molecule has 6 heteroatoms. The second-order valence-corrected chi connectivity index (χ2v) is 8.55. The van der Waals surface area contributed by atoms with Crippen molar-refractivity contribution in [2.45, 2.75) is 71.1 Å². The number of anilines is 1. The number of nitrogens with one attached hydrogen (secondary N) is 1. The summed E-state index contributed by atoms with van der Waals surface area (Å²) in [5.41, 5.74) is 1.94. The molecule has 1 aliphatic rings. The van der Waals surface area contributed by atoms with Gasteiger partial charge in [-0.25, -0.2) is 0 Å². The predicted molar refractivity (Wildman–Crippen MR) is 127 cm³/mol. The quantitative estimate of drug-likeness (QED) is 0.285. The highest BCUT2D eigenvalue weighted by molar-refractivity contribution is 6.26. The van der Waals surface area contributed by atoms with Gasteiger partial charge in [0.1, 0.15) is 0 Å². The first-order valence-corrected chi connectivity index (χ1v) is 11.9. The molecule has 1 aliphatic heterocycles. The number of carbonyl (C=O) groups excluding carboxylic acids is 2. The van der Waals surface area contributed by atoms with Crippen LogP contribution in [0.15, 0.2) is 30.3 Å². The highest BCUT2D eigenvalue weighted by atomic mass is 16.4. The number of rotatable bonds is 14. The number of unbranched alkanes of at least 4 members (excludes halogenated alkanes) is 7. The molecule has 0 radical (unpaired) electrons. The molecule has 0 saturated heterocycles. The number of nitrogens with zero attached hydrogens (tertiary/aromatic N) is 1. The predicted octanol–water partition coefficient (Wildman–Crippen LogP) is 5.85. The van der Waals surface area contributed by atoms with E-state index < -0.39 is 5.97 Å². The van der Waals surface area contributed by atoms with E-state index in [0.29, 0.717) is 16.5 Å². The number of hydrogen-bond donors (Lipinski definition) is 2. The number of carbonyl (C=O) groups is 3. The van der Waals surface area contributed by atoms with Crippen molar-refractivity contribution in [2.24, 2.45) is 0 Å². The number of imide groups is 1. The molecule has 0 atom stereocenters. The van der Waals surface area contributed by atoms with Crippen molar-refractivity contribution < 1.29 is 19.5 Å². The fourth-order valence-corrected chi connectivity index (χ4v) is 4.37. The van der Waals surface area contributed by atoms with E-state index in [2.05, 4.69) is 12.2 Å². The van der Waals surface area contributed by atoms with E-state index in [1.165, 1.54) is 49.8 Å². The maximum Gasteiger partial charge on any atom is 0.303 e. The topological polar surface area (TPSA) is 86.7 Å². The van der Waals surface area contributed by atoms with Crippen LogP contribution in [-0.2, 0) is 4.79 Å². The van der Waals surface area contributed by atoms with Gasteiger partial charge in [0, 0.05) is 47.1 Å². The van der Waals surface area contributed by atoms with Gasteiger partial charge in [0.05, 0.1) is 0 Å². The van der Waals surface area contributed by atoms with Gasteiger partial charge in [-0.15, -0.1) is 0 Å². The molecule has 2 N–H and O–H groups in total. The first-order valence-electron chi connectivity index (χ1n) is 11.9. The Hall–Kier alpha value is -2.89. The second kappa shape index (κ2) is 11.7. The zero-order valence-electron chi connectivity index (χ0n) is 19.0. The monoisotopic (exact) mass is 438 g/mol. The Kier molecular flexibility index (Phi) is 8.65. The van der Waals surface area contributed by atoms with Crippen LogP contribution in [0.2, 0.25) is 0 Å². The first-order chi connectivity index (χ1) is 15.5. The average molecular weight is 439 g/mol. The number of aliphatic carboxylic acids is 1. The van der Waals surface area contributed by atoms with E-state index in [0.717, 1.165) is 24.0 Å². The lowest BCUT2D eigenvalue weighted by Gasteiger charge is -2.27. The van der Waals surface area contributed by atoms with Crippen LogP contribution in [-0.4, -0.2) is 40.9 Å². The van der Waals surface area contributed by atoms with Gasteiger partial charge in [0.25, 0.3) is 11.8 Å². The largest absolute Gasteiger partial charge is 0.481 e. The maximum atomic E-state index is 13.0. The summed E-state index contributed by atoms with van der Waals surface area (Å²) < 4.78 is 0. The van der Waals surface area contributed by atoms with Gasteiger partial charge in [-0.05, 0) is 31.0 Å². The van der Waals surface area contributed by atoms with Crippen molar-refractivity contribution in [1.29, 1.82) is 0 Å². The Labute approximate surface area is 190 Å². The minimum absolute atomic E-state index is 0.0737. The summed E-state index contributed by atoms with van der Waals surface area (Å²) >= 11 is 0. The lowest BCUT2D eigenvalue weighted by molar-refractivity contribution is -0.137. The van der Waals surface area contributed by atoms with E-state index in [4.69, 9.17) is 5.11 Å². The zero-order chi connectivity index (χ0) is 22.9. The average Bonchev–Trinajstić information content (AvgIpc) is 2.78. The molecule has 0 aromatic heterocycles. The smallest absolute Gasteiger partial charge is 0.303 e. The van der Waals surface area contributed by atoms with Crippen LogP contribution in [0.4, 0.5) is 5.69 Å². The van der Waals surface area contributed by atoms with Gasteiger partial charge in [0.2, 0.25) is 0 Å². The van der Waals surface area contributed by atoms with E-state index in [1.807, 2.05) is 18.2 Å². The van der Waals surface area contributed by atoms with Gasteiger partial charge in [-0.2, -0.15) is 0 Å². The number of carboxylic acids is 1. The second-order valence-electron chi connectivity index (χ2n) is 8.55. The van der Waals surface area contributed by atoms with E-state index in [1.54, 1.807) is 12.1 Å². The van der Waals surface area contributed by atoms with Crippen LogP contribution in [0.25, 0.3) is 10.8 Å². The first kappa shape index (κ1) is 23.8.